The molecule has 1 aliphatic heterocycles. The number of nitrogens with zero attached hydrogens (tertiary/aromatic N) is 4. The van der Waals surface area contributed by atoms with Gasteiger partial charge < -0.3 is 9.64 Å². The zero-order valence-electron chi connectivity index (χ0n) is 11.5. The minimum absolute atomic E-state index is 0.0744. The number of ether oxygens (including phenoxy) is 1. The topological polar surface area (TPSA) is 78.3 Å². The number of hydrogen-bond donors (Lipinski definition) is 0. The molecular formula is C14H18N4O2. The molecule has 0 bridgehead atoms. The van der Waals surface area contributed by atoms with Gasteiger partial charge in [-0.05, 0) is 42.1 Å². The van der Waals surface area contributed by atoms with Crippen LogP contribution in [0.5, 0.6) is 5.75 Å². The summed E-state index contributed by atoms with van der Waals surface area (Å²) in [6.07, 6.45) is 1.40. The summed E-state index contributed by atoms with van der Waals surface area (Å²) < 4.78 is 5.52. The number of anilines is 1. The standard InChI is InChI=1S/C14H18N4O2/c1-2-7-20-13-5-3-12(4-6-13)18-10-11(8-14(18)19)9-16-17-15/h3-6,11H,2,7-10H2,1H3. The molecule has 106 valence electrons. The quantitative estimate of drug-likeness (QED) is 0.454. The van der Waals surface area contributed by atoms with Crippen LogP contribution >= 0.6 is 0 Å². The van der Waals surface area contributed by atoms with Crippen LogP contribution in [0.1, 0.15) is 19.8 Å². The summed E-state index contributed by atoms with van der Waals surface area (Å²) in [4.78, 5) is 16.4. The first-order valence-electron chi connectivity index (χ1n) is 6.78. The van der Waals surface area contributed by atoms with Crippen molar-refractivity contribution in [1.29, 1.82) is 0 Å². The molecule has 2 rings (SSSR count). The van der Waals surface area contributed by atoms with Gasteiger partial charge in [-0.2, -0.15) is 0 Å². The van der Waals surface area contributed by atoms with Crippen molar-refractivity contribution in [3.8, 4) is 5.75 Å². The van der Waals surface area contributed by atoms with Crippen molar-refractivity contribution in [3.63, 3.8) is 0 Å². The fourth-order valence-electron chi connectivity index (χ4n) is 2.25. The average Bonchev–Trinajstić information content (AvgIpc) is 2.84. The molecule has 0 spiro atoms. The fourth-order valence-corrected chi connectivity index (χ4v) is 2.25. The molecule has 0 saturated carbocycles. The smallest absolute Gasteiger partial charge is 0.227 e. The van der Waals surface area contributed by atoms with Crippen LogP contribution in [-0.4, -0.2) is 25.6 Å². The number of azide groups is 1. The van der Waals surface area contributed by atoms with E-state index in [2.05, 4.69) is 16.9 Å². The van der Waals surface area contributed by atoms with Crippen molar-refractivity contribution in [2.24, 2.45) is 11.0 Å². The molecule has 1 aromatic rings. The number of carbonyl (C=O) groups excluding carboxylic acids is 1. The summed E-state index contributed by atoms with van der Waals surface area (Å²) >= 11 is 0. The summed E-state index contributed by atoms with van der Waals surface area (Å²) in [6, 6.07) is 7.52. The Bertz CT molecular complexity index is 508. The molecule has 0 aromatic heterocycles. The van der Waals surface area contributed by atoms with Crippen LogP contribution in [0.15, 0.2) is 29.4 Å². The molecule has 1 aromatic carbocycles. The lowest BCUT2D eigenvalue weighted by atomic mass is 10.1. The number of amides is 1. The zero-order chi connectivity index (χ0) is 14.4. The maximum absolute atomic E-state index is 12.0. The number of carbonyl (C=O) groups is 1. The third kappa shape index (κ3) is 3.42. The first-order chi connectivity index (χ1) is 9.74. The van der Waals surface area contributed by atoms with Crippen molar-refractivity contribution >= 4 is 11.6 Å². The van der Waals surface area contributed by atoms with Gasteiger partial charge in [0.15, 0.2) is 0 Å². The molecule has 1 aliphatic rings. The Morgan fingerprint density at radius 3 is 2.85 bits per heavy atom. The van der Waals surface area contributed by atoms with Gasteiger partial charge in [0.1, 0.15) is 5.75 Å². The second kappa shape index (κ2) is 6.82. The first kappa shape index (κ1) is 14.2. The molecular weight excluding hydrogens is 256 g/mol. The molecule has 1 saturated heterocycles. The van der Waals surface area contributed by atoms with Crippen LogP contribution in [0.3, 0.4) is 0 Å². The zero-order valence-corrected chi connectivity index (χ0v) is 11.5. The van der Waals surface area contributed by atoms with Crippen LogP contribution in [0, 0.1) is 5.92 Å². The Hall–Kier alpha value is -2.20. The number of rotatable bonds is 6. The lowest BCUT2D eigenvalue weighted by Gasteiger charge is -2.17. The third-order valence-electron chi connectivity index (χ3n) is 3.23. The van der Waals surface area contributed by atoms with E-state index < -0.39 is 0 Å². The van der Waals surface area contributed by atoms with Gasteiger partial charge in [0.2, 0.25) is 5.91 Å². The van der Waals surface area contributed by atoms with E-state index in [1.807, 2.05) is 24.3 Å². The normalized spacial score (nSPS) is 17.9. The predicted molar refractivity (Wildman–Crippen MR) is 76.7 cm³/mol. The van der Waals surface area contributed by atoms with Crippen molar-refractivity contribution < 1.29 is 9.53 Å². The maximum Gasteiger partial charge on any atom is 0.227 e. The Balaban J connectivity index is 2.00. The van der Waals surface area contributed by atoms with E-state index >= 15 is 0 Å². The molecule has 6 heteroatoms. The number of benzene rings is 1. The van der Waals surface area contributed by atoms with Crippen molar-refractivity contribution in [2.75, 3.05) is 24.6 Å². The highest BCUT2D eigenvalue weighted by atomic mass is 16.5. The van der Waals surface area contributed by atoms with Gasteiger partial charge in [-0.3, -0.25) is 4.79 Å². The van der Waals surface area contributed by atoms with E-state index in [1.54, 1.807) is 4.90 Å². The van der Waals surface area contributed by atoms with Gasteiger partial charge in [0.05, 0.1) is 6.61 Å². The van der Waals surface area contributed by atoms with Gasteiger partial charge in [-0.1, -0.05) is 12.0 Å². The summed E-state index contributed by atoms with van der Waals surface area (Å²) in [7, 11) is 0. The minimum Gasteiger partial charge on any atom is -0.494 e. The van der Waals surface area contributed by atoms with Crippen LogP contribution in [0.2, 0.25) is 0 Å². The largest absolute Gasteiger partial charge is 0.494 e. The molecule has 1 amide bonds. The van der Waals surface area contributed by atoms with Gasteiger partial charge in [0, 0.05) is 30.1 Å². The molecule has 1 fully saturated rings. The van der Waals surface area contributed by atoms with E-state index in [4.69, 9.17) is 10.3 Å². The summed E-state index contributed by atoms with van der Waals surface area (Å²) in [5.74, 6) is 0.993. The summed E-state index contributed by atoms with van der Waals surface area (Å²) in [6.45, 7) is 3.72. The highest BCUT2D eigenvalue weighted by Crippen LogP contribution is 2.27. The van der Waals surface area contributed by atoms with E-state index in [1.165, 1.54) is 0 Å². The first-order valence-corrected chi connectivity index (χ1v) is 6.78. The lowest BCUT2D eigenvalue weighted by molar-refractivity contribution is -0.117. The van der Waals surface area contributed by atoms with E-state index in [0.29, 0.717) is 26.1 Å². The molecule has 0 radical (unpaired) electrons. The van der Waals surface area contributed by atoms with Crippen LogP contribution < -0.4 is 9.64 Å². The maximum atomic E-state index is 12.0. The van der Waals surface area contributed by atoms with E-state index in [-0.39, 0.29) is 11.8 Å². The van der Waals surface area contributed by atoms with E-state index in [0.717, 1.165) is 17.9 Å². The van der Waals surface area contributed by atoms with Crippen molar-refractivity contribution in [1.82, 2.24) is 0 Å². The van der Waals surface area contributed by atoms with Crippen molar-refractivity contribution in [3.05, 3.63) is 34.7 Å². The highest BCUT2D eigenvalue weighted by Gasteiger charge is 2.29. The molecule has 0 aliphatic carbocycles. The SMILES string of the molecule is CCCOc1ccc(N2CC(CN=[N+]=[N-])CC2=O)cc1. The monoisotopic (exact) mass is 274 g/mol. The molecule has 1 atom stereocenters. The summed E-state index contributed by atoms with van der Waals surface area (Å²) in [5.41, 5.74) is 9.19. The molecule has 0 N–H and O–H groups in total. The average molecular weight is 274 g/mol. The van der Waals surface area contributed by atoms with Crippen LogP contribution in [0.25, 0.3) is 10.4 Å². The second-order valence-corrected chi connectivity index (χ2v) is 4.83. The highest BCUT2D eigenvalue weighted by molar-refractivity contribution is 5.95. The fraction of sp³-hybridized carbons (Fsp3) is 0.500. The minimum atomic E-state index is 0.0744. The van der Waals surface area contributed by atoms with Gasteiger partial charge in [-0.15, -0.1) is 0 Å². The molecule has 1 heterocycles. The Kier molecular flexibility index (Phi) is 4.85. The van der Waals surface area contributed by atoms with Gasteiger partial charge in [0.25, 0.3) is 0 Å². The predicted octanol–water partition coefficient (Wildman–Crippen LogP) is 3.14. The van der Waals surface area contributed by atoms with Gasteiger partial charge >= 0.3 is 0 Å². The Morgan fingerprint density at radius 2 is 2.20 bits per heavy atom. The van der Waals surface area contributed by atoms with E-state index in [9.17, 15) is 4.79 Å². The molecule has 6 nitrogen and oxygen atoms in total. The van der Waals surface area contributed by atoms with Gasteiger partial charge in [-0.25, -0.2) is 0 Å². The number of hydrogen-bond acceptors (Lipinski definition) is 3. The Labute approximate surface area is 118 Å². The second-order valence-electron chi connectivity index (χ2n) is 4.83. The molecule has 20 heavy (non-hydrogen) atoms. The Morgan fingerprint density at radius 1 is 1.45 bits per heavy atom. The molecule has 1 unspecified atom stereocenters. The third-order valence-corrected chi connectivity index (χ3v) is 3.23. The lowest BCUT2D eigenvalue weighted by Crippen LogP contribution is -2.24. The van der Waals surface area contributed by atoms with Crippen LogP contribution in [0.4, 0.5) is 5.69 Å². The van der Waals surface area contributed by atoms with Crippen molar-refractivity contribution in [2.45, 2.75) is 19.8 Å². The van der Waals surface area contributed by atoms with Crippen LogP contribution in [-0.2, 0) is 4.79 Å². The summed E-state index contributed by atoms with van der Waals surface area (Å²) in [5, 5.41) is 3.55.